The van der Waals surface area contributed by atoms with Crippen molar-refractivity contribution in [2.45, 2.75) is 63.8 Å². The highest BCUT2D eigenvalue weighted by molar-refractivity contribution is 9.09. The third-order valence-electron chi connectivity index (χ3n) is 4.81. The maximum absolute atomic E-state index is 13.0. The Bertz CT molecular complexity index is 469. The number of amides is 1. The van der Waals surface area contributed by atoms with Crippen LogP contribution in [0.2, 0.25) is 0 Å². The molecule has 4 heteroatoms. The smallest absolute Gasteiger partial charge is 0.264 e. The van der Waals surface area contributed by atoms with Gasteiger partial charge in [-0.2, -0.15) is 0 Å². The van der Waals surface area contributed by atoms with Crippen molar-refractivity contribution in [3.63, 3.8) is 0 Å². The molecule has 0 atom stereocenters. The molecule has 2 nitrogen and oxygen atoms in total. The van der Waals surface area contributed by atoms with Crippen molar-refractivity contribution in [1.82, 2.24) is 4.90 Å². The molecule has 1 aromatic rings. The molecule has 1 fully saturated rings. The fraction of sp³-hybridized carbons (Fsp3) is 0.706. The number of carbonyl (C=O) groups excluding carboxylic acids is 1. The maximum atomic E-state index is 13.0. The van der Waals surface area contributed by atoms with E-state index in [0.717, 1.165) is 16.8 Å². The van der Waals surface area contributed by atoms with Crippen LogP contribution in [0.1, 0.15) is 65.1 Å². The first-order chi connectivity index (χ1) is 10.3. The second-order valence-electron chi connectivity index (χ2n) is 6.25. The molecule has 116 valence electrons. The normalized spacial score (nSPS) is 19.3. The van der Waals surface area contributed by atoms with Crippen LogP contribution in [0.5, 0.6) is 0 Å². The van der Waals surface area contributed by atoms with E-state index < -0.39 is 0 Å². The second kappa shape index (κ2) is 7.28. The third-order valence-corrected chi connectivity index (χ3v) is 6.39. The summed E-state index contributed by atoms with van der Waals surface area (Å²) in [6.45, 7) is 0.839. The summed E-state index contributed by atoms with van der Waals surface area (Å²) in [4.78, 5) is 17.6. The Morgan fingerprint density at radius 3 is 2.67 bits per heavy atom. The SMILES string of the molecule is O=C(c1cc2c(s1)CCCC2)N(CCBr)C1CCCCC1. The number of halogens is 1. The Kier molecular flexibility index (Phi) is 5.38. The molecule has 0 bridgehead atoms. The Morgan fingerprint density at radius 1 is 1.19 bits per heavy atom. The lowest BCUT2D eigenvalue weighted by atomic mass is 9.94. The van der Waals surface area contributed by atoms with Crippen molar-refractivity contribution in [2.75, 3.05) is 11.9 Å². The summed E-state index contributed by atoms with van der Waals surface area (Å²) in [6, 6.07) is 2.65. The molecule has 3 rings (SSSR count). The predicted octanol–water partition coefficient (Wildman–Crippen LogP) is 4.80. The van der Waals surface area contributed by atoms with Crippen molar-refractivity contribution in [3.8, 4) is 0 Å². The summed E-state index contributed by atoms with van der Waals surface area (Å²) in [5.41, 5.74) is 1.44. The van der Waals surface area contributed by atoms with Gasteiger partial charge in [-0.15, -0.1) is 11.3 Å². The first kappa shape index (κ1) is 15.5. The van der Waals surface area contributed by atoms with Gasteiger partial charge in [-0.3, -0.25) is 4.79 Å². The molecule has 21 heavy (non-hydrogen) atoms. The Labute approximate surface area is 140 Å². The van der Waals surface area contributed by atoms with Crippen molar-refractivity contribution in [2.24, 2.45) is 0 Å². The van der Waals surface area contributed by atoms with Crippen molar-refractivity contribution >= 4 is 33.2 Å². The van der Waals surface area contributed by atoms with Crippen LogP contribution < -0.4 is 0 Å². The quantitative estimate of drug-likeness (QED) is 0.698. The van der Waals surface area contributed by atoms with Crippen LogP contribution in [0.15, 0.2) is 6.07 Å². The van der Waals surface area contributed by atoms with Gasteiger partial charge in [0, 0.05) is 22.8 Å². The van der Waals surface area contributed by atoms with Crippen LogP contribution >= 0.6 is 27.3 Å². The molecule has 2 aliphatic carbocycles. The molecule has 1 amide bonds. The summed E-state index contributed by atoms with van der Waals surface area (Å²) in [5, 5.41) is 0.875. The van der Waals surface area contributed by atoms with E-state index in [1.54, 1.807) is 11.3 Å². The van der Waals surface area contributed by atoms with Gasteiger partial charge in [0.05, 0.1) is 4.88 Å². The van der Waals surface area contributed by atoms with Crippen LogP contribution in [0.3, 0.4) is 0 Å². The second-order valence-corrected chi connectivity index (χ2v) is 8.18. The van der Waals surface area contributed by atoms with E-state index in [0.29, 0.717) is 6.04 Å². The van der Waals surface area contributed by atoms with E-state index in [1.807, 2.05) is 0 Å². The fourth-order valence-electron chi connectivity index (χ4n) is 3.67. The molecule has 0 radical (unpaired) electrons. The Hall–Kier alpha value is -0.350. The first-order valence-electron chi connectivity index (χ1n) is 8.28. The van der Waals surface area contributed by atoms with E-state index in [2.05, 4.69) is 26.9 Å². The molecule has 2 aliphatic rings. The first-order valence-corrected chi connectivity index (χ1v) is 10.2. The fourth-order valence-corrected chi connectivity index (χ4v) is 5.26. The number of rotatable bonds is 4. The summed E-state index contributed by atoms with van der Waals surface area (Å²) < 4.78 is 0. The van der Waals surface area contributed by atoms with Crippen LogP contribution in [-0.4, -0.2) is 28.7 Å². The lowest BCUT2D eigenvalue weighted by molar-refractivity contribution is 0.0656. The molecular weight excluding hydrogens is 346 g/mol. The van der Waals surface area contributed by atoms with Gasteiger partial charge in [0.2, 0.25) is 0 Å². The van der Waals surface area contributed by atoms with Gasteiger partial charge in [0.1, 0.15) is 0 Å². The number of nitrogens with zero attached hydrogens (tertiary/aromatic N) is 1. The Morgan fingerprint density at radius 2 is 1.95 bits per heavy atom. The van der Waals surface area contributed by atoms with Crippen molar-refractivity contribution in [1.29, 1.82) is 0 Å². The third kappa shape index (κ3) is 3.53. The number of hydrogen-bond donors (Lipinski definition) is 0. The highest BCUT2D eigenvalue weighted by Gasteiger charge is 2.27. The van der Waals surface area contributed by atoms with E-state index >= 15 is 0 Å². The minimum atomic E-state index is 0.278. The summed E-state index contributed by atoms with van der Waals surface area (Å²) in [6.07, 6.45) is 11.2. The topological polar surface area (TPSA) is 20.3 Å². The van der Waals surface area contributed by atoms with Crippen molar-refractivity contribution in [3.05, 3.63) is 21.4 Å². The minimum Gasteiger partial charge on any atom is -0.334 e. The molecule has 0 unspecified atom stereocenters. The van der Waals surface area contributed by atoms with E-state index in [1.165, 1.54) is 68.2 Å². The average molecular weight is 370 g/mol. The van der Waals surface area contributed by atoms with Gasteiger partial charge in [-0.05, 0) is 50.2 Å². The van der Waals surface area contributed by atoms with Gasteiger partial charge >= 0.3 is 0 Å². The number of aryl methyl sites for hydroxylation is 2. The average Bonchev–Trinajstić information content (AvgIpc) is 2.97. The van der Waals surface area contributed by atoms with Gasteiger partial charge in [0.15, 0.2) is 0 Å². The monoisotopic (exact) mass is 369 g/mol. The van der Waals surface area contributed by atoms with Gasteiger partial charge < -0.3 is 4.90 Å². The number of carbonyl (C=O) groups is 1. The number of alkyl halides is 1. The van der Waals surface area contributed by atoms with Gasteiger partial charge in [-0.1, -0.05) is 35.2 Å². The molecule has 0 saturated heterocycles. The molecule has 0 N–H and O–H groups in total. The molecule has 0 aliphatic heterocycles. The van der Waals surface area contributed by atoms with Gasteiger partial charge in [-0.25, -0.2) is 0 Å². The zero-order chi connectivity index (χ0) is 14.7. The molecule has 1 saturated carbocycles. The number of fused-ring (bicyclic) bond motifs is 1. The standard InChI is InChI=1S/C17H24BrNOS/c18-10-11-19(14-7-2-1-3-8-14)17(20)16-12-13-6-4-5-9-15(13)21-16/h12,14H,1-11H2. The zero-order valence-electron chi connectivity index (χ0n) is 12.6. The van der Waals surface area contributed by atoms with E-state index in [4.69, 9.17) is 0 Å². The van der Waals surface area contributed by atoms with Crippen LogP contribution in [-0.2, 0) is 12.8 Å². The van der Waals surface area contributed by atoms with Crippen LogP contribution in [0.4, 0.5) is 0 Å². The minimum absolute atomic E-state index is 0.278. The number of thiophene rings is 1. The lowest BCUT2D eigenvalue weighted by Gasteiger charge is -2.33. The largest absolute Gasteiger partial charge is 0.334 e. The maximum Gasteiger partial charge on any atom is 0.264 e. The van der Waals surface area contributed by atoms with Gasteiger partial charge in [0.25, 0.3) is 5.91 Å². The van der Waals surface area contributed by atoms with E-state index in [-0.39, 0.29) is 5.91 Å². The van der Waals surface area contributed by atoms with Crippen LogP contribution in [0, 0.1) is 0 Å². The summed E-state index contributed by atoms with van der Waals surface area (Å²) >= 11 is 5.28. The molecule has 1 aromatic heterocycles. The van der Waals surface area contributed by atoms with E-state index in [9.17, 15) is 4.79 Å². The number of hydrogen-bond acceptors (Lipinski definition) is 2. The summed E-state index contributed by atoms with van der Waals surface area (Å²) in [5.74, 6) is 0.278. The summed E-state index contributed by atoms with van der Waals surface area (Å²) in [7, 11) is 0. The predicted molar refractivity (Wildman–Crippen MR) is 92.7 cm³/mol. The molecular formula is C17H24BrNOS. The molecule has 1 heterocycles. The molecule has 0 spiro atoms. The highest BCUT2D eigenvalue weighted by atomic mass is 79.9. The highest BCUT2D eigenvalue weighted by Crippen LogP contribution is 2.32. The van der Waals surface area contributed by atoms with Crippen molar-refractivity contribution < 1.29 is 4.79 Å². The lowest BCUT2D eigenvalue weighted by Crippen LogP contribution is -2.42. The molecule has 0 aromatic carbocycles. The van der Waals surface area contributed by atoms with Crippen LogP contribution in [0.25, 0.3) is 0 Å². The Balaban J connectivity index is 1.77. The zero-order valence-corrected chi connectivity index (χ0v) is 15.0.